The van der Waals surface area contributed by atoms with E-state index in [9.17, 15) is 0 Å². The second-order valence-corrected chi connectivity index (χ2v) is 6.06. The minimum absolute atomic E-state index is 0.0496. The van der Waals surface area contributed by atoms with Crippen LogP contribution in [0.1, 0.15) is 29.9 Å². The van der Waals surface area contributed by atoms with Gasteiger partial charge in [-0.1, -0.05) is 12.1 Å². The van der Waals surface area contributed by atoms with Crippen LogP contribution in [0.3, 0.4) is 0 Å². The normalized spacial score (nSPS) is 12.4. The monoisotopic (exact) mass is 333 g/mol. The molecule has 7 nitrogen and oxygen atoms in total. The molecule has 0 amide bonds. The number of anilines is 1. The van der Waals surface area contributed by atoms with E-state index in [-0.39, 0.29) is 6.04 Å². The van der Waals surface area contributed by atoms with Crippen LogP contribution in [0.2, 0.25) is 0 Å². The lowest BCUT2D eigenvalue weighted by Gasteiger charge is -2.15. The molecule has 0 bridgehead atoms. The topological polar surface area (TPSA) is 84.3 Å². The molecule has 25 heavy (non-hydrogen) atoms. The van der Waals surface area contributed by atoms with Gasteiger partial charge >= 0.3 is 0 Å². The number of nitrogens with zero attached hydrogens (tertiary/aromatic N) is 5. The standard InChI is InChI=1S/C18H19N7/c1-11(17-12(2)23-24-13(17)3)21-18-19-9-8-16(22-18)25-10-20-14-6-4-5-7-15(14)25/h4-11H,1-3H3,(H,23,24)(H,19,21,22). The lowest BCUT2D eigenvalue weighted by Crippen LogP contribution is -2.12. The Kier molecular flexibility index (Phi) is 3.68. The number of rotatable bonds is 4. The molecule has 0 fully saturated rings. The van der Waals surface area contributed by atoms with Crippen molar-refractivity contribution in [1.29, 1.82) is 0 Å². The van der Waals surface area contributed by atoms with Crippen LogP contribution in [-0.4, -0.2) is 29.7 Å². The maximum atomic E-state index is 4.64. The fourth-order valence-corrected chi connectivity index (χ4v) is 3.16. The van der Waals surface area contributed by atoms with Gasteiger partial charge in [0, 0.05) is 17.5 Å². The Balaban J connectivity index is 1.66. The predicted molar refractivity (Wildman–Crippen MR) is 96.8 cm³/mol. The number of para-hydroxylation sites is 2. The van der Waals surface area contributed by atoms with E-state index in [0.29, 0.717) is 5.95 Å². The molecule has 4 rings (SSSR count). The molecular formula is C18H19N7. The Hall–Kier alpha value is -3.22. The van der Waals surface area contributed by atoms with Gasteiger partial charge in [0.15, 0.2) is 0 Å². The molecule has 0 aliphatic carbocycles. The lowest BCUT2D eigenvalue weighted by molar-refractivity contribution is 0.839. The Morgan fingerprint density at radius 2 is 1.96 bits per heavy atom. The fourth-order valence-electron chi connectivity index (χ4n) is 3.16. The molecule has 4 aromatic rings. The van der Waals surface area contributed by atoms with Crippen molar-refractivity contribution in [3.05, 3.63) is 59.8 Å². The van der Waals surface area contributed by atoms with Crippen molar-refractivity contribution in [3.63, 3.8) is 0 Å². The molecule has 1 aromatic carbocycles. The average Bonchev–Trinajstić information content (AvgIpc) is 3.18. The van der Waals surface area contributed by atoms with E-state index in [1.165, 1.54) is 0 Å². The number of aromatic nitrogens is 6. The smallest absolute Gasteiger partial charge is 0.225 e. The molecule has 3 heterocycles. The minimum Gasteiger partial charge on any atom is -0.348 e. The molecule has 3 aromatic heterocycles. The molecule has 126 valence electrons. The maximum absolute atomic E-state index is 4.64. The first-order valence-corrected chi connectivity index (χ1v) is 8.17. The number of H-pyrrole nitrogens is 1. The van der Waals surface area contributed by atoms with E-state index in [1.807, 2.05) is 48.7 Å². The molecule has 0 spiro atoms. The maximum Gasteiger partial charge on any atom is 0.225 e. The highest BCUT2D eigenvalue weighted by atomic mass is 15.2. The fraction of sp³-hybridized carbons (Fsp3) is 0.222. The van der Waals surface area contributed by atoms with E-state index in [2.05, 4.69) is 37.4 Å². The van der Waals surface area contributed by atoms with Gasteiger partial charge in [-0.25, -0.2) is 9.97 Å². The van der Waals surface area contributed by atoms with Crippen LogP contribution in [0.15, 0.2) is 42.9 Å². The molecule has 0 saturated carbocycles. The van der Waals surface area contributed by atoms with Crippen LogP contribution in [0, 0.1) is 13.8 Å². The number of nitrogens with one attached hydrogen (secondary N) is 2. The Morgan fingerprint density at radius 1 is 1.12 bits per heavy atom. The van der Waals surface area contributed by atoms with Gasteiger partial charge in [-0.3, -0.25) is 9.67 Å². The summed E-state index contributed by atoms with van der Waals surface area (Å²) in [6.07, 6.45) is 3.53. The summed E-state index contributed by atoms with van der Waals surface area (Å²) in [5.74, 6) is 1.35. The van der Waals surface area contributed by atoms with Crippen molar-refractivity contribution in [1.82, 2.24) is 29.7 Å². The zero-order valence-electron chi connectivity index (χ0n) is 14.4. The second-order valence-electron chi connectivity index (χ2n) is 6.06. The number of hydrogen-bond donors (Lipinski definition) is 2. The van der Waals surface area contributed by atoms with Gasteiger partial charge < -0.3 is 5.32 Å². The van der Waals surface area contributed by atoms with Crippen molar-refractivity contribution in [2.24, 2.45) is 0 Å². The summed E-state index contributed by atoms with van der Waals surface area (Å²) in [6.45, 7) is 6.09. The van der Waals surface area contributed by atoms with E-state index < -0.39 is 0 Å². The van der Waals surface area contributed by atoms with Crippen LogP contribution in [0.5, 0.6) is 0 Å². The van der Waals surface area contributed by atoms with Crippen LogP contribution in [0.25, 0.3) is 16.9 Å². The lowest BCUT2D eigenvalue weighted by atomic mass is 10.1. The molecule has 0 radical (unpaired) electrons. The summed E-state index contributed by atoms with van der Waals surface area (Å²) >= 11 is 0. The third-order valence-electron chi connectivity index (χ3n) is 4.30. The van der Waals surface area contributed by atoms with E-state index >= 15 is 0 Å². The number of imidazole rings is 1. The average molecular weight is 333 g/mol. The molecule has 0 saturated heterocycles. The third-order valence-corrected chi connectivity index (χ3v) is 4.30. The summed E-state index contributed by atoms with van der Waals surface area (Å²) in [4.78, 5) is 13.4. The molecule has 1 atom stereocenters. The molecular weight excluding hydrogens is 314 g/mol. The van der Waals surface area contributed by atoms with Crippen LogP contribution < -0.4 is 5.32 Å². The summed E-state index contributed by atoms with van der Waals surface area (Å²) in [5, 5.41) is 10.6. The second kappa shape index (κ2) is 6.01. The summed E-state index contributed by atoms with van der Waals surface area (Å²) in [6, 6.07) is 9.90. The highest BCUT2D eigenvalue weighted by Gasteiger charge is 2.15. The SMILES string of the molecule is Cc1n[nH]c(C)c1C(C)Nc1nccc(-n2cnc3ccccc32)n1. The highest BCUT2D eigenvalue weighted by Crippen LogP contribution is 2.23. The van der Waals surface area contributed by atoms with Gasteiger partial charge in [-0.05, 0) is 39.0 Å². The van der Waals surface area contributed by atoms with Gasteiger partial charge in [0.25, 0.3) is 0 Å². The number of benzene rings is 1. The van der Waals surface area contributed by atoms with Gasteiger partial charge in [-0.2, -0.15) is 10.1 Å². The molecule has 0 aliphatic heterocycles. The van der Waals surface area contributed by atoms with Crippen molar-refractivity contribution < 1.29 is 0 Å². The number of hydrogen-bond acceptors (Lipinski definition) is 5. The first-order chi connectivity index (χ1) is 12.1. The highest BCUT2D eigenvalue weighted by molar-refractivity contribution is 5.76. The van der Waals surface area contributed by atoms with Crippen LogP contribution in [0.4, 0.5) is 5.95 Å². The Bertz CT molecular complexity index is 1010. The summed E-state index contributed by atoms with van der Waals surface area (Å²) < 4.78 is 1.96. The number of aromatic amines is 1. The van der Waals surface area contributed by atoms with Gasteiger partial charge in [-0.15, -0.1) is 0 Å². The van der Waals surface area contributed by atoms with Crippen molar-refractivity contribution in [3.8, 4) is 5.82 Å². The van der Waals surface area contributed by atoms with Gasteiger partial charge in [0.05, 0.1) is 22.8 Å². The first kappa shape index (κ1) is 15.3. The van der Waals surface area contributed by atoms with E-state index in [0.717, 1.165) is 33.8 Å². The zero-order valence-corrected chi connectivity index (χ0v) is 14.4. The van der Waals surface area contributed by atoms with Crippen LogP contribution in [-0.2, 0) is 0 Å². The van der Waals surface area contributed by atoms with Crippen LogP contribution >= 0.6 is 0 Å². The Labute approximate surface area is 145 Å². The van der Waals surface area contributed by atoms with Gasteiger partial charge in [0.2, 0.25) is 5.95 Å². The van der Waals surface area contributed by atoms with Crippen molar-refractivity contribution in [2.45, 2.75) is 26.8 Å². The zero-order chi connectivity index (χ0) is 17.4. The molecule has 0 aliphatic rings. The third kappa shape index (κ3) is 2.73. The first-order valence-electron chi connectivity index (χ1n) is 8.17. The minimum atomic E-state index is 0.0496. The quantitative estimate of drug-likeness (QED) is 0.598. The van der Waals surface area contributed by atoms with Crippen molar-refractivity contribution in [2.75, 3.05) is 5.32 Å². The summed E-state index contributed by atoms with van der Waals surface area (Å²) in [5.41, 5.74) is 5.13. The number of aryl methyl sites for hydroxylation is 2. The Morgan fingerprint density at radius 3 is 2.76 bits per heavy atom. The van der Waals surface area contributed by atoms with E-state index in [1.54, 1.807) is 12.5 Å². The number of fused-ring (bicyclic) bond motifs is 1. The molecule has 7 heteroatoms. The molecule has 2 N–H and O–H groups in total. The predicted octanol–water partition coefficient (Wildman–Crippen LogP) is 3.33. The largest absolute Gasteiger partial charge is 0.348 e. The van der Waals surface area contributed by atoms with Gasteiger partial charge in [0.1, 0.15) is 12.1 Å². The van der Waals surface area contributed by atoms with E-state index in [4.69, 9.17) is 0 Å². The van der Waals surface area contributed by atoms with Crippen molar-refractivity contribution >= 4 is 17.0 Å². The molecule has 1 unspecified atom stereocenters. The summed E-state index contributed by atoms with van der Waals surface area (Å²) in [7, 11) is 0.